The van der Waals surface area contributed by atoms with Gasteiger partial charge in [0, 0.05) is 6.42 Å². The van der Waals surface area contributed by atoms with Crippen molar-refractivity contribution in [3.8, 4) is 0 Å². The first-order valence-electron chi connectivity index (χ1n) is 24.2. The number of unbranched alkanes of at least 4 members (excludes halogenated alkanes) is 33. The van der Waals surface area contributed by atoms with Crippen LogP contribution in [0, 0.1) is 0 Å². The van der Waals surface area contributed by atoms with E-state index in [0.717, 1.165) is 32.1 Å². The quantitative estimate of drug-likeness (QED) is 0.0428. The van der Waals surface area contributed by atoms with E-state index in [1.54, 1.807) is 6.08 Å². The van der Waals surface area contributed by atoms with Crippen LogP contribution in [0.1, 0.15) is 258 Å². The van der Waals surface area contributed by atoms with Gasteiger partial charge in [-0.2, -0.15) is 0 Å². The Balaban J connectivity index is 3.56. The van der Waals surface area contributed by atoms with Crippen LogP contribution in [0.5, 0.6) is 0 Å². The third-order valence-corrected chi connectivity index (χ3v) is 11.1. The molecule has 54 heavy (non-hydrogen) atoms. The zero-order valence-corrected chi connectivity index (χ0v) is 36.5. The molecule has 2 atom stereocenters. The summed E-state index contributed by atoms with van der Waals surface area (Å²) >= 11 is 0. The smallest absolute Gasteiger partial charge is 0.220 e. The Hall–Kier alpha value is -1.39. The van der Waals surface area contributed by atoms with Crippen molar-refractivity contribution >= 4 is 5.91 Å². The van der Waals surface area contributed by atoms with E-state index in [4.69, 9.17) is 0 Å². The van der Waals surface area contributed by atoms with Crippen LogP contribution in [0.3, 0.4) is 0 Å². The van der Waals surface area contributed by atoms with Crippen LogP contribution in [0.25, 0.3) is 0 Å². The Morgan fingerprint density at radius 2 is 0.722 bits per heavy atom. The standard InChI is InChI=1S/C50H95NO3/c1-3-5-7-9-11-13-15-17-19-21-23-24-25-26-28-30-32-34-36-38-40-42-44-46-50(54)51-48(47-52)49(53)45-43-41-39-37-35-33-31-29-27-22-20-18-16-14-12-10-8-6-4-2/h21,23,35,37,43,45,48-49,52-53H,3-20,22,24-34,36,38-42,44,46-47H2,1-2H3,(H,51,54)/b23-21-,37-35+,45-43+. The molecule has 0 aliphatic carbocycles. The van der Waals surface area contributed by atoms with Gasteiger partial charge in [0.05, 0.1) is 18.8 Å². The zero-order chi connectivity index (χ0) is 39.3. The van der Waals surface area contributed by atoms with Gasteiger partial charge in [-0.3, -0.25) is 4.79 Å². The van der Waals surface area contributed by atoms with E-state index < -0.39 is 12.1 Å². The van der Waals surface area contributed by atoms with Gasteiger partial charge in [0.1, 0.15) is 0 Å². The van der Waals surface area contributed by atoms with E-state index in [2.05, 4.69) is 43.5 Å². The highest BCUT2D eigenvalue weighted by molar-refractivity contribution is 5.76. The van der Waals surface area contributed by atoms with Crippen molar-refractivity contribution in [1.29, 1.82) is 0 Å². The van der Waals surface area contributed by atoms with E-state index in [-0.39, 0.29) is 12.5 Å². The van der Waals surface area contributed by atoms with Crippen molar-refractivity contribution in [1.82, 2.24) is 5.32 Å². The SMILES string of the molecule is CCCCCCCCCC/C=C\CCCCCCCCCCCCCC(=O)NC(CO)C(O)/C=C/CC/C=C/CCCCCCCCCCCCCCC. The molecule has 318 valence electrons. The zero-order valence-electron chi connectivity index (χ0n) is 36.5. The summed E-state index contributed by atoms with van der Waals surface area (Å²) in [5.41, 5.74) is 0. The van der Waals surface area contributed by atoms with Crippen LogP contribution in [0.4, 0.5) is 0 Å². The van der Waals surface area contributed by atoms with Crippen LogP contribution < -0.4 is 5.32 Å². The summed E-state index contributed by atoms with van der Waals surface area (Å²) < 4.78 is 0. The van der Waals surface area contributed by atoms with E-state index in [1.807, 2.05) is 6.08 Å². The van der Waals surface area contributed by atoms with Crippen LogP contribution >= 0.6 is 0 Å². The largest absolute Gasteiger partial charge is 0.394 e. The molecule has 0 radical (unpaired) electrons. The van der Waals surface area contributed by atoms with E-state index in [9.17, 15) is 15.0 Å². The molecule has 0 aromatic heterocycles. The summed E-state index contributed by atoms with van der Waals surface area (Å²) in [5, 5.41) is 23.0. The third kappa shape index (κ3) is 41.8. The second kappa shape index (κ2) is 46.0. The first-order chi connectivity index (χ1) is 26.7. The molecular weight excluding hydrogens is 663 g/mol. The topological polar surface area (TPSA) is 69.6 Å². The Morgan fingerprint density at radius 1 is 0.426 bits per heavy atom. The molecule has 2 unspecified atom stereocenters. The summed E-state index contributed by atoms with van der Waals surface area (Å²) in [5.74, 6) is -0.0726. The molecule has 0 spiro atoms. The molecular formula is C50H95NO3. The summed E-state index contributed by atoms with van der Waals surface area (Å²) in [6.45, 7) is 4.31. The Labute approximate surface area is 338 Å². The molecule has 0 heterocycles. The lowest BCUT2D eigenvalue weighted by Gasteiger charge is -2.19. The van der Waals surface area contributed by atoms with Gasteiger partial charge in [-0.1, -0.05) is 230 Å². The van der Waals surface area contributed by atoms with Crippen molar-refractivity contribution < 1.29 is 15.0 Å². The fraction of sp³-hybridized carbons (Fsp3) is 0.860. The highest BCUT2D eigenvalue weighted by atomic mass is 16.3. The summed E-state index contributed by atoms with van der Waals surface area (Å²) in [6, 6.07) is -0.638. The fourth-order valence-electron chi connectivity index (χ4n) is 7.37. The summed E-state index contributed by atoms with van der Waals surface area (Å²) in [4.78, 5) is 12.4. The molecule has 1 amide bonds. The number of hydrogen-bond donors (Lipinski definition) is 3. The predicted molar refractivity (Wildman–Crippen MR) is 239 cm³/mol. The maximum absolute atomic E-state index is 12.4. The lowest BCUT2D eigenvalue weighted by molar-refractivity contribution is -0.123. The Kier molecular flexibility index (Phi) is 44.8. The number of carbonyl (C=O) groups is 1. The van der Waals surface area contributed by atoms with E-state index >= 15 is 0 Å². The number of amides is 1. The number of hydrogen-bond acceptors (Lipinski definition) is 3. The van der Waals surface area contributed by atoms with Crippen LogP contribution in [-0.4, -0.2) is 34.9 Å². The van der Waals surface area contributed by atoms with E-state index in [0.29, 0.717) is 6.42 Å². The van der Waals surface area contributed by atoms with E-state index in [1.165, 1.54) is 205 Å². The molecule has 0 aromatic rings. The lowest BCUT2D eigenvalue weighted by atomic mass is 10.0. The number of aliphatic hydroxyl groups excluding tert-OH is 2. The first-order valence-corrected chi connectivity index (χ1v) is 24.2. The molecule has 0 aliphatic heterocycles. The average molecular weight is 758 g/mol. The van der Waals surface area contributed by atoms with Gasteiger partial charge in [-0.15, -0.1) is 0 Å². The van der Waals surface area contributed by atoms with Crippen LogP contribution in [0.15, 0.2) is 36.5 Å². The first kappa shape index (κ1) is 52.6. The van der Waals surface area contributed by atoms with Gasteiger partial charge in [0.2, 0.25) is 5.91 Å². The maximum atomic E-state index is 12.4. The third-order valence-electron chi connectivity index (χ3n) is 11.1. The van der Waals surface area contributed by atoms with Gasteiger partial charge < -0.3 is 15.5 Å². The molecule has 4 nitrogen and oxygen atoms in total. The number of nitrogens with one attached hydrogen (secondary N) is 1. The monoisotopic (exact) mass is 758 g/mol. The second-order valence-electron chi connectivity index (χ2n) is 16.5. The predicted octanol–water partition coefficient (Wildman–Crippen LogP) is 15.4. The minimum Gasteiger partial charge on any atom is -0.394 e. The molecule has 0 rings (SSSR count). The van der Waals surface area contributed by atoms with Gasteiger partial charge in [0.15, 0.2) is 0 Å². The summed E-state index contributed by atoms with van der Waals surface area (Å²) in [7, 11) is 0. The molecule has 4 heteroatoms. The average Bonchev–Trinajstić information content (AvgIpc) is 3.18. The maximum Gasteiger partial charge on any atom is 0.220 e. The Bertz CT molecular complexity index is 821. The molecule has 3 N–H and O–H groups in total. The molecule has 0 bridgehead atoms. The summed E-state index contributed by atoms with van der Waals surface area (Å²) in [6.07, 6.45) is 61.3. The molecule has 0 aliphatic rings. The number of rotatable bonds is 44. The van der Waals surface area contributed by atoms with Crippen molar-refractivity contribution in [2.45, 2.75) is 270 Å². The van der Waals surface area contributed by atoms with Crippen molar-refractivity contribution in [3.05, 3.63) is 36.5 Å². The van der Waals surface area contributed by atoms with Gasteiger partial charge in [0.25, 0.3) is 0 Å². The van der Waals surface area contributed by atoms with Crippen LogP contribution in [0.2, 0.25) is 0 Å². The normalized spacial score (nSPS) is 13.2. The van der Waals surface area contributed by atoms with Crippen molar-refractivity contribution in [2.75, 3.05) is 6.61 Å². The van der Waals surface area contributed by atoms with Gasteiger partial charge in [-0.05, 0) is 57.8 Å². The lowest BCUT2D eigenvalue weighted by Crippen LogP contribution is -2.45. The molecule has 0 fully saturated rings. The molecule has 0 aromatic carbocycles. The minimum absolute atomic E-state index is 0.0726. The van der Waals surface area contributed by atoms with Gasteiger partial charge >= 0.3 is 0 Å². The molecule has 0 saturated carbocycles. The van der Waals surface area contributed by atoms with Gasteiger partial charge in [-0.25, -0.2) is 0 Å². The minimum atomic E-state index is -0.861. The highest BCUT2D eigenvalue weighted by Crippen LogP contribution is 2.15. The number of carbonyl (C=O) groups excluding carboxylic acids is 1. The Morgan fingerprint density at radius 3 is 1.07 bits per heavy atom. The van der Waals surface area contributed by atoms with Crippen LogP contribution in [-0.2, 0) is 4.79 Å². The van der Waals surface area contributed by atoms with Crippen molar-refractivity contribution in [3.63, 3.8) is 0 Å². The highest BCUT2D eigenvalue weighted by Gasteiger charge is 2.17. The molecule has 0 saturated heterocycles. The van der Waals surface area contributed by atoms with Crippen molar-refractivity contribution in [2.24, 2.45) is 0 Å². The number of allylic oxidation sites excluding steroid dienone is 5. The number of aliphatic hydroxyl groups is 2. The second-order valence-corrected chi connectivity index (χ2v) is 16.5. The fourth-order valence-corrected chi connectivity index (χ4v) is 7.37.